The number of sulfonamides is 1. The van der Waals surface area contributed by atoms with Crippen LogP contribution >= 0.6 is 0 Å². The van der Waals surface area contributed by atoms with Crippen LogP contribution in [0.15, 0.2) is 87.6 Å². The molecule has 168 valence electrons. The van der Waals surface area contributed by atoms with Crippen LogP contribution in [0.4, 0.5) is 17.3 Å². The third kappa shape index (κ3) is 4.92. The van der Waals surface area contributed by atoms with Crippen LogP contribution in [0.2, 0.25) is 0 Å². The summed E-state index contributed by atoms with van der Waals surface area (Å²) in [5.41, 5.74) is 2.54. The number of nitrogens with two attached hydrogens (primary N) is 1. The predicted molar refractivity (Wildman–Crippen MR) is 131 cm³/mol. The first-order chi connectivity index (χ1) is 15.7. The van der Waals surface area contributed by atoms with Gasteiger partial charge < -0.3 is 10.2 Å². The number of primary sulfonamides is 1. The van der Waals surface area contributed by atoms with Crippen LogP contribution in [0, 0.1) is 0 Å². The van der Waals surface area contributed by atoms with Gasteiger partial charge in [-0.25, -0.2) is 18.5 Å². The van der Waals surface area contributed by atoms with E-state index in [-0.39, 0.29) is 16.4 Å². The zero-order valence-electron chi connectivity index (χ0n) is 18.0. The molecule has 0 aliphatic heterocycles. The maximum Gasteiger partial charge on any atom is 0.283 e. The molecule has 1 heterocycles. The summed E-state index contributed by atoms with van der Waals surface area (Å²) >= 11 is 0. The lowest BCUT2D eigenvalue weighted by Crippen LogP contribution is -2.21. The Hall–Kier alpha value is -4.02. The van der Waals surface area contributed by atoms with Crippen molar-refractivity contribution >= 4 is 44.5 Å². The zero-order valence-corrected chi connectivity index (χ0v) is 18.8. The van der Waals surface area contributed by atoms with E-state index in [1.807, 2.05) is 43.3 Å². The maximum absolute atomic E-state index is 13.2. The first-order valence-corrected chi connectivity index (χ1v) is 11.5. The largest absolute Gasteiger partial charge is 0.378 e. The molecule has 0 atom stereocenters. The van der Waals surface area contributed by atoms with Crippen LogP contribution < -0.4 is 20.9 Å². The minimum atomic E-state index is -3.81. The normalized spacial score (nSPS) is 11.7. The molecular weight excluding hydrogens is 440 g/mol. The molecule has 0 fully saturated rings. The fourth-order valence-electron chi connectivity index (χ4n) is 3.15. The average Bonchev–Trinajstić information content (AvgIpc) is 2.79. The number of nitrogens with one attached hydrogen (secondary N) is 1. The predicted octanol–water partition coefficient (Wildman–Crippen LogP) is 2.74. The Labute approximate surface area is 190 Å². The third-order valence-electron chi connectivity index (χ3n) is 4.92. The van der Waals surface area contributed by atoms with E-state index < -0.39 is 10.0 Å². The van der Waals surface area contributed by atoms with Crippen molar-refractivity contribution in [1.82, 2.24) is 9.66 Å². The van der Waals surface area contributed by atoms with Crippen molar-refractivity contribution in [1.29, 1.82) is 0 Å². The van der Waals surface area contributed by atoms with Gasteiger partial charge in [0.05, 0.1) is 22.0 Å². The molecule has 0 amide bonds. The minimum Gasteiger partial charge on any atom is -0.378 e. The van der Waals surface area contributed by atoms with Crippen molar-refractivity contribution in [3.8, 4) is 0 Å². The van der Waals surface area contributed by atoms with E-state index >= 15 is 0 Å². The number of anilines is 3. The number of rotatable bonds is 6. The summed E-state index contributed by atoms with van der Waals surface area (Å²) in [4.78, 5) is 19.7. The van der Waals surface area contributed by atoms with E-state index in [4.69, 9.17) is 5.14 Å². The van der Waals surface area contributed by atoms with Gasteiger partial charge in [-0.05, 0) is 54.1 Å². The van der Waals surface area contributed by atoms with Gasteiger partial charge in [0.25, 0.3) is 5.56 Å². The summed E-state index contributed by atoms with van der Waals surface area (Å²) in [6, 6.07) is 20.5. The Kier molecular flexibility index (Phi) is 5.95. The lowest BCUT2D eigenvalue weighted by molar-refractivity contribution is 0.598. The summed E-state index contributed by atoms with van der Waals surface area (Å²) in [5.74, 6) is 0.184. The van der Waals surface area contributed by atoms with E-state index in [1.165, 1.54) is 28.9 Å². The Morgan fingerprint density at radius 2 is 1.67 bits per heavy atom. The average molecular weight is 463 g/mol. The Balaban J connectivity index is 1.75. The minimum absolute atomic E-state index is 0.0175. The number of para-hydroxylation sites is 1. The molecule has 9 nitrogen and oxygen atoms in total. The fourth-order valence-corrected chi connectivity index (χ4v) is 3.67. The zero-order chi connectivity index (χ0) is 23.6. The molecule has 0 unspecified atom stereocenters. The molecule has 33 heavy (non-hydrogen) atoms. The molecule has 4 rings (SSSR count). The molecule has 1 aromatic heterocycles. The van der Waals surface area contributed by atoms with Gasteiger partial charge >= 0.3 is 0 Å². The van der Waals surface area contributed by atoms with Gasteiger partial charge in [0.1, 0.15) is 0 Å². The molecule has 3 N–H and O–H groups in total. The number of hydrogen-bond donors (Lipinski definition) is 2. The van der Waals surface area contributed by atoms with Gasteiger partial charge in [0, 0.05) is 25.5 Å². The smallest absolute Gasteiger partial charge is 0.283 e. The van der Waals surface area contributed by atoms with Gasteiger partial charge in [0.2, 0.25) is 16.0 Å². The highest BCUT2D eigenvalue weighted by Gasteiger charge is 2.12. The summed E-state index contributed by atoms with van der Waals surface area (Å²) in [6.45, 7) is 0. The molecule has 4 aromatic rings. The second-order valence-corrected chi connectivity index (χ2v) is 9.06. The Morgan fingerprint density at radius 1 is 1.00 bits per heavy atom. The number of hydrogen-bond acceptors (Lipinski definition) is 7. The molecule has 0 aliphatic rings. The lowest BCUT2D eigenvalue weighted by Gasteiger charge is -2.12. The first kappa shape index (κ1) is 22.2. The van der Waals surface area contributed by atoms with Crippen LogP contribution in [-0.2, 0) is 10.0 Å². The Morgan fingerprint density at radius 3 is 2.30 bits per heavy atom. The molecule has 10 heteroatoms. The highest BCUT2D eigenvalue weighted by Crippen LogP contribution is 2.19. The molecule has 0 radical (unpaired) electrons. The van der Waals surface area contributed by atoms with Crippen LogP contribution in [-0.4, -0.2) is 38.4 Å². The van der Waals surface area contributed by atoms with Crippen LogP contribution in [0.25, 0.3) is 10.9 Å². The molecule has 0 saturated heterocycles. The van der Waals surface area contributed by atoms with E-state index in [9.17, 15) is 13.2 Å². The summed E-state index contributed by atoms with van der Waals surface area (Å²) in [5, 5.41) is 13.0. The highest BCUT2D eigenvalue weighted by molar-refractivity contribution is 7.89. The van der Waals surface area contributed by atoms with Crippen molar-refractivity contribution in [3.63, 3.8) is 0 Å². The van der Waals surface area contributed by atoms with Crippen molar-refractivity contribution < 1.29 is 8.42 Å². The molecule has 3 aromatic carbocycles. The van der Waals surface area contributed by atoms with Crippen LogP contribution in [0.5, 0.6) is 0 Å². The Bertz CT molecular complexity index is 1490. The second kappa shape index (κ2) is 8.85. The lowest BCUT2D eigenvalue weighted by atomic mass is 10.2. The topological polar surface area (TPSA) is 123 Å². The number of aromatic nitrogens is 2. The van der Waals surface area contributed by atoms with Gasteiger partial charge in [-0.15, -0.1) is 0 Å². The van der Waals surface area contributed by atoms with Crippen LogP contribution in [0.3, 0.4) is 0 Å². The number of benzene rings is 3. The highest BCUT2D eigenvalue weighted by atomic mass is 32.2. The van der Waals surface area contributed by atoms with Gasteiger partial charge in [-0.2, -0.15) is 9.78 Å². The molecule has 0 saturated carbocycles. The molecule has 0 bridgehead atoms. The van der Waals surface area contributed by atoms with E-state index in [2.05, 4.69) is 15.4 Å². The fraction of sp³-hybridized carbons (Fsp3) is 0.0870. The van der Waals surface area contributed by atoms with Crippen molar-refractivity contribution in [2.75, 3.05) is 24.3 Å². The van der Waals surface area contributed by atoms with Crippen molar-refractivity contribution in [3.05, 3.63) is 88.7 Å². The van der Waals surface area contributed by atoms with E-state index in [0.29, 0.717) is 16.6 Å². The standard InChI is InChI=1S/C23H22N6O3S/c1-28(2)18-11-7-16(8-12-18)15-25-29-22(30)20-5-3-4-6-21(20)27-23(29)26-17-9-13-19(14-10-17)33(24,31)32/h3-15H,1-2H3,(H,26,27)(H2,24,31,32)/b25-15+. The van der Waals surface area contributed by atoms with Gasteiger partial charge in [-0.1, -0.05) is 24.3 Å². The molecular formula is C23H22N6O3S. The van der Waals surface area contributed by atoms with Crippen LogP contribution in [0.1, 0.15) is 5.56 Å². The SMILES string of the molecule is CN(C)c1ccc(/C=N/n2c(Nc3ccc(S(N)(=O)=O)cc3)nc3ccccc3c2=O)cc1. The third-order valence-corrected chi connectivity index (χ3v) is 5.85. The first-order valence-electron chi connectivity index (χ1n) is 9.96. The molecule has 0 spiro atoms. The quantitative estimate of drug-likeness (QED) is 0.425. The second-order valence-electron chi connectivity index (χ2n) is 7.49. The van der Waals surface area contributed by atoms with Crippen molar-refractivity contribution in [2.45, 2.75) is 4.90 Å². The molecule has 0 aliphatic carbocycles. The number of fused-ring (bicyclic) bond motifs is 1. The maximum atomic E-state index is 13.2. The van der Waals surface area contributed by atoms with Gasteiger partial charge in [-0.3, -0.25) is 4.79 Å². The van der Waals surface area contributed by atoms with Gasteiger partial charge in [0.15, 0.2) is 0 Å². The van der Waals surface area contributed by atoms with E-state index in [1.54, 1.807) is 30.5 Å². The summed E-state index contributed by atoms with van der Waals surface area (Å²) in [7, 11) is 0.101. The summed E-state index contributed by atoms with van der Waals surface area (Å²) < 4.78 is 24.2. The number of nitrogens with zero attached hydrogens (tertiary/aromatic N) is 4. The summed E-state index contributed by atoms with van der Waals surface area (Å²) in [6.07, 6.45) is 1.58. The van der Waals surface area contributed by atoms with E-state index in [0.717, 1.165) is 11.3 Å². The van der Waals surface area contributed by atoms with Crippen molar-refractivity contribution in [2.24, 2.45) is 10.2 Å². The monoisotopic (exact) mass is 462 g/mol.